The summed E-state index contributed by atoms with van der Waals surface area (Å²) in [6.07, 6.45) is 4.50. The Labute approximate surface area is 215 Å². The smallest absolute Gasteiger partial charge is 0.340 e. The Morgan fingerprint density at radius 1 is 1.19 bits per heavy atom. The number of piperidine rings is 1. The van der Waals surface area contributed by atoms with Gasteiger partial charge in [0.1, 0.15) is 17.9 Å². The molecule has 6 nitrogen and oxygen atoms in total. The summed E-state index contributed by atoms with van der Waals surface area (Å²) in [4.78, 5) is 28.0. The van der Waals surface area contributed by atoms with Crippen LogP contribution >= 0.6 is 11.6 Å². The van der Waals surface area contributed by atoms with Gasteiger partial charge in [0, 0.05) is 35.0 Å². The Hall–Kier alpha value is -2.83. The minimum Gasteiger partial charge on any atom is -0.488 e. The molecule has 2 heterocycles. The molecule has 1 aliphatic heterocycles. The third-order valence-electron chi connectivity index (χ3n) is 8.05. The number of benzene rings is 2. The first kappa shape index (κ1) is 24.8. The number of hydrogen-bond donors (Lipinski definition) is 1. The van der Waals surface area contributed by atoms with Crippen LogP contribution in [0.15, 0.2) is 45.6 Å². The van der Waals surface area contributed by atoms with Crippen LogP contribution in [-0.4, -0.2) is 34.6 Å². The molecule has 0 bridgehead atoms. The first-order valence-electron chi connectivity index (χ1n) is 12.7. The average molecular weight is 510 g/mol. The minimum absolute atomic E-state index is 0.00131. The van der Waals surface area contributed by atoms with Crippen molar-refractivity contribution in [2.24, 2.45) is 5.92 Å². The SMILES string of the molecule is Cc1c(CC(=O)N2CCC3(O)CCCCC3C2)c(=O)oc2c(C)c(OCc3cccc(Cl)c3)ccc12. The van der Waals surface area contributed by atoms with Crippen molar-refractivity contribution < 1.29 is 19.1 Å². The molecular weight excluding hydrogens is 478 g/mol. The summed E-state index contributed by atoms with van der Waals surface area (Å²) in [7, 11) is 0. The van der Waals surface area contributed by atoms with Gasteiger partial charge in [0.05, 0.1) is 17.6 Å². The number of likely N-dealkylation sites (tertiary alicyclic amines) is 1. The van der Waals surface area contributed by atoms with Gasteiger partial charge in [0.25, 0.3) is 0 Å². The van der Waals surface area contributed by atoms with Crippen molar-refractivity contribution in [2.75, 3.05) is 13.1 Å². The largest absolute Gasteiger partial charge is 0.488 e. The van der Waals surface area contributed by atoms with Crippen molar-refractivity contribution in [1.82, 2.24) is 4.90 Å². The van der Waals surface area contributed by atoms with Crippen LogP contribution in [-0.2, 0) is 17.8 Å². The van der Waals surface area contributed by atoms with E-state index < -0.39 is 11.2 Å². The van der Waals surface area contributed by atoms with Gasteiger partial charge >= 0.3 is 5.63 Å². The van der Waals surface area contributed by atoms with E-state index in [4.69, 9.17) is 20.8 Å². The second kappa shape index (κ2) is 9.91. The molecule has 2 fully saturated rings. The van der Waals surface area contributed by atoms with Crippen LogP contribution in [0.25, 0.3) is 11.0 Å². The number of aliphatic hydroxyl groups is 1. The summed E-state index contributed by atoms with van der Waals surface area (Å²) in [5.74, 6) is 0.656. The summed E-state index contributed by atoms with van der Waals surface area (Å²) in [5, 5.41) is 12.4. The third-order valence-corrected chi connectivity index (χ3v) is 8.28. The second-order valence-corrected chi connectivity index (χ2v) is 10.7. The van der Waals surface area contributed by atoms with Gasteiger partial charge in [-0.05, 0) is 68.5 Å². The van der Waals surface area contributed by atoms with Crippen molar-refractivity contribution in [3.8, 4) is 5.75 Å². The van der Waals surface area contributed by atoms with E-state index in [9.17, 15) is 14.7 Å². The monoisotopic (exact) mass is 509 g/mol. The van der Waals surface area contributed by atoms with Gasteiger partial charge < -0.3 is 19.2 Å². The summed E-state index contributed by atoms with van der Waals surface area (Å²) in [6, 6.07) is 11.2. The highest BCUT2D eigenvalue weighted by molar-refractivity contribution is 6.30. The first-order chi connectivity index (χ1) is 17.2. The van der Waals surface area contributed by atoms with Gasteiger partial charge in [-0.2, -0.15) is 0 Å². The molecule has 0 radical (unpaired) electrons. The Balaban J connectivity index is 1.35. The van der Waals surface area contributed by atoms with Crippen LogP contribution in [0, 0.1) is 19.8 Å². The molecule has 0 spiro atoms. The summed E-state index contributed by atoms with van der Waals surface area (Å²) in [6.45, 7) is 5.15. The lowest BCUT2D eigenvalue weighted by Crippen LogP contribution is -2.55. The number of fused-ring (bicyclic) bond motifs is 2. The number of rotatable bonds is 5. The van der Waals surface area contributed by atoms with E-state index in [2.05, 4.69) is 0 Å². The average Bonchev–Trinajstić information content (AvgIpc) is 2.86. The predicted octanol–water partition coefficient (Wildman–Crippen LogP) is 5.34. The number of ether oxygens (including phenoxy) is 1. The molecule has 1 aromatic heterocycles. The molecule has 1 aliphatic carbocycles. The summed E-state index contributed by atoms with van der Waals surface area (Å²) < 4.78 is 11.7. The number of halogens is 1. The molecule has 190 valence electrons. The molecule has 3 aromatic rings. The highest BCUT2D eigenvalue weighted by atomic mass is 35.5. The molecule has 2 atom stereocenters. The maximum Gasteiger partial charge on any atom is 0.340 e. The Morgan fingerprint density at radius 3 is 2.83 bits per heavy atom. The van der Waals surface area contributed by atoms with Crippen LogP contribution < -0.4 is 10.4 Å². The minimum atomic E-state index is -0.642. The van der Waals surface area contributed by atoms with Crippen LogP contribution in [0.1, 0.15) is 54.4 Å². The number of amides is 1. The van der Waals surface area contributed by atoms with Gasteiger partial charge in [0.2, 0.25) is 5.91 Å². The number of hydrogen-bond acceptors (Lipinski definition) is 5. The maximum absolute atomic E-state index is 13.2. The van der Waals surface area contributed by atoms with Gasteiger partial charge in [-0.15, -0.1) is 0 Å². The molecule has 2 aliphatic rings. The summed E-state index contributed by atoms with van der Waals surface area (Å²) >= 11 is 6.06. The number of carbonyl (C=O) groups excluding carboxylic acids is 1. The quantitative estimate of drug-likeness (QED) is 0.470. The van der Waals surface area contributed by atoms with Crippen LogP contribution in [0.3, 0.4) is 0 Å². The molecule has 1 amide bonds. The second-order valence-electron chi connectivity index (χ2n) is 10.3. The van der Waals surface area contributed by atoms with E-state index in [1.54, 1.807) is 0 Å². The fourth-order valence-electron chi connectivity index (χ4n) is 5.78. The fourth-order valence-corrected chi connectivity index (χ4v) is 5.99. The molecule has 36 heavy (non-hydrogen) atoms. The predicted molar refractivity (Wildman–Crippen MR) is 140 cm³/mol. The Bertz CT molecular complexity index is 1370. The molecule has 5 rings (SSSR count). The molecular formula is C29H32ClNO5. The fraction of sp³-hybridized carbons (Fsp3) is 0.448. The molecule has 2 aromatic carbocycles. The van der Waals surface area contributed by atoms with E-state index in [-0.39, 0.29) is 18.2 Å². The standard InChI is InChI=1S/C29H32ClNO5/c1-18-23-9-10-25(35-17-20-6-5-8-22(30)14-20)19(2)27(23)36-28(33)24(18)15-26(32)31-13-12-29(34)11-4-3-7-21(29)16-31/h5-6,8-10,14,21,34H,3-4,7,11-13,15-17H2,1-2H3. The van der Waals surface area contributed by atoms with Crippen LogP contribution in [0.2, 0.25) is 5.02 Å². The zero-order valence-corrected chi connectivity index (χ0v) is 21.6. The van der Waals surface area contributed by atoms with Crippen LogP contribution in [0.4, 0.5) is 0 Å². The lowest BCUT2D eigenvalue weighted by molar-refractivity contribution is -0.142. The van der Waals surface area contributed by atoms with E-state index in [0.717, 1.165) is 47.8 Å². The maximum atomic E-state index is 13.2. The van der Waals surface area contributed by atoms with Crippen molar-refractivity contribution >= 4 is 28.5 Å². The zero-order chi connectivity index (χ0) is 25.4. The van der Waals surface area contributed by atoms with Crippen molar-refractivity contribution in [3.05, 3.63) is 74.1 Å². The highest BCUT2D eigenvalue weighted by Crippen LogP contribution is 2.40. The van der Waals surface area contributed by atoms with Gasteiger partial charge in [-0.25, -0.2) is 4.79 Å². The number of carbonyl (C=O) groups is 1. The molecule has 1 saturated carbocycles. The van der Waals surface area contributed by atoms with E-state index in [1.807, 2.05) is 55.1 Å². The lowest BCUT2D eigenvalue weighted by Gasteiger charge is -2.47. The van der Waals surface area contributed by atoms with Gasteiger partial charge in [0.15, 0.2) is 0 Å². The van der Waals surface area contributed by atoms with E-state index >= 15 is 0 Å². The van der Waals surface area contributed by atoms with Gasteiger partial charge in [-0.1, -0.05) is 36.6 Å². The highest BCUT2D eigenvalue weighted by Gasteiger charge is 2.43. The molecule has 1 N–H and O–H groups in total. The Kier molecular flexibility index (Phi) is 6.84. The van der Waals surface area contributed by atoms with Crippen molar-refractivity contribution in [2.45, 2.75) is 64.6 Å². The third kappa shape index (κ3) is 4.76. The van der Waals surface area contributed by atoms with Gasteiger partial charge in [-0.3, -0.25) is 4.79 Å². The van der Waals surface area contributed by atoms with E-state index in [1.165, 1.54) is 0 Å². The molecule has 1 saturated heterocycles. The van der Waals surface area contributed by atoms with E-state index in [0.29, 0.717) is 48.0 Å². The van der Waals surface area contributed by atoms with Crippen molar-refractivity contribution in [3.63, 3.8) is 0 Å². The number of aryl methyl sites for hydroxylation is 2. The zero-order valence-electron chi connectivity index (χ0n) is 20.8. The molecule has 2 unspecified atom stereocenters. The summed E-state index contributed by atoms with van der Waals surface area (Å²) in [5.41, 5.74) is 2.17. The lowest BCUT2D eigenvalue weighted by atomic mass is 9.71. The normalized spacial score (nSPS) is 21.9. The molecule has 7 heteroatoms. The Morgan fingerprint density at radius 2 is 2.03 bits per heavy atom. The first-order valence-corrected chi connectivity index (χ1v) is 13.1. The van der Waals surface area contributed by atoms with Crippen molar-refractivity contribution in [1.29, 1.82) is 0 Å². The van der Waals surface area contributed by atoms with Crippen LogP contribution in [0.5, 0.6) is 5.75 Å². The topological polar surface area (TPSA) is 80.0 Å². The number of nitrogens with zero attached hydrogens (tertiary/aromatic N) is 1.